The summed E-state index contributed by atoms with van der Waals surface area (Å²) in [6.07, 6.45) is 16.1. The highest BCUT2D eigenvalue weighted by molar-refractivity contribution is 6.13. The summed E-state index contributed by atoms with van der Waals surface area (Å²) in [5.41, 5.74) is 7.67. The van der Waals surface area contributed by atoms with E-state index in [4.69, 9.17) is 0 Å². The van der Waals surface area contributed by atoms with Crippen molar-refractivity contribution in [3.63, 3.8) is 0 Å². The van der Waals surface area contributed by atoms with Gasteiger partial charge in [-0.05, 0) is 105 Å². The van der Waals surface area contributed by atoms with Crippen LogP contribution in [0.15, 0.2) is 78.9 Å². The first-order valence-corrected chi connectivity index (χ1v) is 12.8. The van der Waals surface area contributed by atoms with Crippen molar-refractivity contribution in [2.75, 3.05) is 0 Å². The molecule has 0 saturated heterocycles. The van der Waals surface area contributed by atoms with E-state index in [1.165, 1.54) is 43.8 Å². The largest absolute Gasteiger partial charge is 0.103 e. The Labute approximate surface area is 205 Å². The molecular formula is C34H38. The van der Waals surface area contributed by atoms with E-state index in [1.54, 1.807) is 11.6 Å². The van der Waals surface area contributed by atoms with Crippen molar-refractivity contribution in [1.82, 2.24) is 0 Å². The second-order valence-corrected chi connectivity index (χ2v) is 11.5. The molecule has 0 N–H and O–H groups in total. The first kappa shape index (κ1) is 22.9. The number of hydrogen-bond donors (Lipinski definition) is 0. The highest BCUT2D eigenvalue weighted by atomic mass is 14.5. The molecule has 3 aromatic carbocycles. The van der Waals surface area contributed by atoms with Gasteiger partial charge in [0, 0.05) is 0 Å². The quantitative estimate of drug-likeness (QED) is 0.238. The van der Waals surface area contributed by atoms with Gasteiger partial charge >= 0.3 is 0 Å². The van der Waals surface area contributed by atoms with Gasteiger partial charge in [0.2, 0.25) is 0 Å². The third-order valence-electron chi connectivity index (χ3n) is 8.61. The van der Waals surface area contributed by atoms with Gasteiger partial charge in [-0.3, -0.25) is 0 Å². The molecule has 174 valence electrons. The molecule has 0 nitrogen and oxygen atoms in total. The number of rotatable bonds is 0. The smallest absolute Gasteiger partial charge is 0.00315 e. The maximum absolute atomic E-state index is 3.36. The van der Waals surface area contributed by atoms with Crippen LogP contribution in [0.4, 0.5) is 0 Å². The van der Waals surface area contributed by atoms with Crippen molar-refractivity contribution in [2.45, 2.75) is 65.2 Å². The zero-order valence-electron chi connectivity index (χ0n) is 21.7. The summed E-state index contributed by atoms with van der Waals surface area (Å²) in [6.45, 7) is 17.4. The van der Waals surface area contributed by atoms with Crippen LogP contribution in [0.5, 0.6) is 0 Å². The highest BCUT2D eigenvalue weighted by Crippen LogP contribution is 2.56. The lowest BCUT2D eigenvalue weighted by atomic mass is 9.51. The summed E-state index contributed by atoms with van der Waals surface area (Å²) < 4.78 is 0. The molecule has 0 heterocycles. The van der Waals surface area contributed by atoms with Gasteiger partial charge in [-0.2, -0.15) is 0 Å². The summed E-state index contributed by atoms with van der Waals surface area (Å²) in [6, 6.07) is 14.2. The van der Waals surface area contributed by atoms with Gasteiger partial charge in [-0.1, -0.05) is 94.0 Å². The fourth-order valence-electron chi connectivity index (χ4n) is 6.81. The Morgan fingerprint density at radius 2 is 1.47 bits per heavy atom. The minimum absolute atomic E-state index is 0.0998. The standard InChI is InChI=1S/C31H32.C3H6/c1-19-14-15-26-27(16-19)31(4,5)29-18-25-23-13-9-7-11-21(23)20-10-6-8-12-22(20)24(25)17-28(29)30(26,2)3;1-3-2/h7-9,11-18,26-27H,6,10H2,1-5H3;3H,1H2,2H3. The summed E-state index contributed by atoms with van der Waals surface area (Å²) in [5, 5.41) is 5.72. The van der Waals surface area contributed by atoms with E-state index in [2.05, 4.69) is 108 Å². The lowest BCUT2D eigenvalue weighted by Crippen LogP contribution is -2.48. The topological polar surface area (TPSA) is 0 Å². The van der Waals surface area contributed by atoms with Crippen LogP contribution >= 0.6 is 0 Å². The van der Waals surface area contributed by atoms with E-state index in [0.29, 0.717) is 11.8 Å². The van der Waals surface area contributed by atoms with Crippen LogP contribution in [-0.2, 0) is 17.3 Å². The Hall–Kier alpha value is -2.86. The predicted octanol–water partition coefficient (Wildman–Crippen LogP) is 9.46. The third-order valence-corrected chi connectivity index (χ3v) is 8.61. The molecule has 0 amide bonds. The van der Waals surface area contributed by atoms with Gasteiger partial charge in [0.25, 0.3) is 0 Å². The second-order valence-electron chi connectivity index (χ2n) is 11.5. The third kappa shape index (κ3) is 3.26. The molecule has 0 saturated carbocycles. The predicted molar refractivity (Wildman–Crippen MR) is 151 cm³/mol. The number of fused-ring (bicyclic) bond motifs is 8. The Kier molecular flexibility index (Phi) is 5.47. The van der Waals surface area contributed by atoms with Crippen LogP contribution in [-0.4, -0.2) is 0 Å². The average molecular weight is 447 g/mol. The fourth-order valence-corrected chi connectivity index (χ4v) is 6.81. The summed E-state index contributed by atoms with van der Waals surface area (Å²) in [5.74, 6) is 1.06. The molecule has 0 heteroatoms. The zero-order valence-corrected chi connectivity index (χ0v) is 21.7. The van der Waals surface area contributed by atoms with Crippen molar-refractivity contribution in [2.24, 2.45) is 11.8 Å². The minimum atomic E-state index is 0.0998. The second kappa shape index (κ2) is 8.12. The Balaban J connectivity index is 0.000000764. The Morgan fingerprint density at radius 3 is 2.18 bits per heavy atom. The summed E-state index contributed by atoms with van der Waals surface area (Å²) in [7, 11) is 0. The van der Waals surface area contributed by atoms with Crippen LogP contribution in [0.3, 0.4) is 0 Å². The molecule has 0 aliphatic heterocycles. The van der Waals surface area contributed by atoms with Crippen LogP contribution < -0.4 is 0 Å². The molecule has 0 aromatic heterocycles. The van der Waals surface area contributed by atoms with E-state index >= 15 is 0 Å². The van der Waals surface area contributed by atoms with E-state index in [9.17, 15) is 0 Å². The van der Waals surface area contributed by atoms with Gasteiger partial charge in [-0.25, -0.2) is 0 Å². The summed E-state index contributed by atoms with van der Waals surface area (Å²) in [4.78, 5) is 0. The van der Waals surface area contributed by atoms with Crippen molar-refractivity contribution < 1.29 is 0 Å². The molecular weight excluding hydrogens is 408 g/mol. The maximum Gasteiger partial charge on any atom is -0.00315 e. The van der Waals surface area contributed by atoms with Crippen LogP contribution in [0.25, 0.3) is 27.6 Å². The van der Waals surface area contributed by atoms with Crippen molar-refractivity contribution in [1.29, 1.82) is 0 Å². The van der Waals surface area contributed by atoms with Crippen molar-refractivity contribution in [3.05, 3.63) is 101 Å². The molecule has 2 atom stereocenters. The Morgan fingerprint density at radius 1 is 0.853 bits per heavy atom. The van der Waals surface area contributed by atoms with Crippen molar-refractivity contribution >= 4 is 27.6 Å². The van der Waals surface area contributed by atoms with Crippen LogP contribution in [0.2, 0.25) is 0 Å². The Bertz CT molecular complexity index is 1390. The van der Waals surface area contributed by atoms with E-state index in [1.807, 2.05) is 6.92 Å². The summed E-state index contributed by atoms with van der Waals surface area (Å²) >= 11 is 0. The SMILES string of the molecule is C=CC.CC1=CC2C(C=C1)C(C)(C)c1cc3c4c(c5ccccc5c3cc1C2(C)C)CCC=C4. The molecule has 34 heavy (non-hydrogen) atoms. The molecule has 6 rings (SSSR count). The van der Waals surface area contributed by atoms with E-state index < -0.39 is 0 Å². The average Bonchev–Trinajstić information content (AvgIpc) is 2.83. The van der Waals surface area contributed by atoms with Gasteiger partial charge in [-0.15, -0.1) is 6.58 Å². The fraction of sp³-hybridized carbons (Fsp3) is 0.353. The number of benzene rings is 3. The number of allylic oxidation sites excluding steroid dienone is 6. The van der Waals surface area contributed by atoms with Crippen molar-refractivity contribution in [3.8, 4) is 0 Å². The van der Waals surface area contributed by atoms with Gasteiger partial charge in [0.15, 0.2) is 0 Å². The molecule has 0 radical (unpaired) electrons. The number of aryl methyl sites for hydroxylation is 1. The van der Waals surface area contributed by atoms with Crippen LogP contribution in [0, 0.1) is 11.8 Å². The first-order valence-electron chi connectivity index (χ1n) is 12.8. The number of hydrogen-bond acceptors (Lipinski definition) is 0. The zero-order chi connectivity index (χ0) is 24.3. The first-order chi connectivity index (χ1) is 16.2. The van der Waals surface area contributed by atoms with E-state index in [0.717, 1.165) is 12.8 Å². The van der Waals surface area contributed by atoms with E-state index in [-0.39, 0.29) is 10.8 Å². The molecule has 0 spiro atoms. The normalized spacial score (nSPS) is 23.3. The molecule has 3 aliphatic rings. The molecule has 2 unspecified atom stereocenters. The molecule has 0 bridgehead atoms. The molecule has 0 fully saturated rings. The van der Waals surface area contributed by atoms with Gasteiger partial charge < -0.3 is 0 Å². The minimum Gasteiger partial charge on any atom is -0.103 e. The molecule has 3 aliphatic carbocycles. The van der Waals surface area contributed by atoms with Crippen LogP contribution in [0.1, 0.15) is 70.2 Å². The lowest BCUT2D eigenvalue weighted by molar-refractivity contribution is 0.189. The van der Waals surface area contributed by atoms with Gasteiger partial charge in [0.05, 0.1) is 0 Å². The van der Waals surface area contributed by atoms with Gasteiger partial charge in [0.1, 0.15) is 0 Å². The maximum atomic E-state index is 3.36. The highest BCUT2D eigenvalue weighted by Gasteiger charge is 2.50. The lowest BCUT2D eigenvalue weighted by Gasteiger charge is -2.53. The monoisotopic (exact) mass is 446 g/mol. The molecule has 3 aromatic rings.